The molecule has 0 aliphatic heterocycles. The van der Waals surface area contributed by atoms with Gasteiger partial charge in [0.15, 0.2) is 11.0 Å². The van der Waals surface area contributed by atoms with Crippen LogP contribution in [0.25, 0.3) is 0 Å². The van der Waals surface area contributed by atoms with E-state index in [4.69, 9.17) is 4.52 Å². The van der Waals surface area contributed by atoms with Gasteiger partial charge in [0, 0.05) is 12.6 Å². The van der Waals surface area contributed by atoms with Gasteiger partial charge in [0.1, 0.15) is 5.69 Å². The van der Waals surface area contributed by atoms with Crippen LogP contribution in [0.1, 0.15) is 30.8 Å². The molecular weight excluding hydrogens is 293 g/mol. The van der Waals surface area contributed by atoms with Gasteiger partial charge in [-0.1, -0.05) is 23.8 Å². The van der Waals surface area contributed by atoms with E-state index in [1.807, 2.05) is 6.92 Å². The fraction of sp³-hybridized carbons (Fsp3) is 0.455. The maximum atomic E-state index is 12.5. The van der Waals surface area contributed by atoms with Crippen LogP contribution in [0, 0.1) is 0 Å². The molecule has 0 atom stereocenters. The third-order valence-corrected chi connectivity index (χ3v) is 3.08. The lowest BCUT2D eigenvalue weighted by Crippen LogP contribution is -2.08. The molecular formula is C11H11F3N4OS. The van der Waals surface area contributed by atoms with Gasteiger partial charge in [0.05, 0.1) is 5.75 Å². The topological polar surface area (TPSA) is 64.7 Å². The smallest absolute Gasteiger partial charge is 0.338 e. The molecule has 0 aliphatic carbocycles. The van der Waals surface area contributed by atoms with E-state index in [9.17, 15) is 13.2 Å². The molecule has 0 amide bonds. The van der Waals surface area contributed by atoms with Crippen molar-refractivity contribution in [1.29, 1.82) is 0 Å². The first kappa shape index (κ1) is 14.8. The van der Waals surface area contributed by atoms with Gasteiger partial charge in [0.25, 0.3) is 0 Å². The van der Waals surface area contributed by atoms with Crippen molar-refractivity contribution in [3.8, 4) is 0 Å². The number of hydrogen-bond donors (Lipinski definition) is 0. The Kier molecular flexibility index (Phi) is 4.58. The summed E-state index contributed by atoms with van der Waals surface area (Å²) in [4.78, 5) is 11.3. The average Bonchev–Trinajstić information content (AvgIpc) is 2.84. The lowest BCUT2D eigenvalue weighted by atomic mass is 10.3. The van der Waals surface area contributed by atoms with Gasteiger partial charge < -0.3 is 4.52 Å². The number of aromatic nitrogens is 4. The molecule has 0 N–H and O–H groups in total. The van der Waals surface area contributed by atoms with E-state index >= 15 is 0 Å². The average molecular weight is 304 g/mol. The van der Waals surface area contributed by atoms with Gasteiger partial charge in [-0.2, -0.15) is 18.2 Å². The van der Waals surface area contributed by atoms with Crippen LogP contribution in [0.2, 0.25) is 0 Å². The fourth-order valence-electron chi connectivity index (χ4n) is 1.37. The molecule has 0 bridgehead atoms. The Hall–Kier alpha value is -1.64. The molecule has 2 aromatic rings. The van der Waals surface area contributed by atoms with Crippen LogP contribution in [0.4, 0.5) is 13.2 Å². The summed E-state index contributed by atoms with van der Waals surface area (Å²) in [7, 11) is 0. The second kappa shape index (κ2) is 6.21. The second-order valence-corrected chi connectivity index (χ2v) is 4.81. The van der Waals surface area contributed by atoms with Gasteiger partial charge >= 0.3 is 6.18 Å². The van der Waals surface area contributed by atoms with Crippen molar-refractivity contribution in [2.75, 3.05) is 0 Å². The van der Waals surface area contributed by atoms with E-state index in [1.165, 1.54) is 0 Å². The Morgan fingerprint density at radius 1 is 1.30 bits per heavy atom. The Labute approximate surface area is 117 Å². The van der Waals surface area contributed by atoms with Gasteiger partial charge in [0.2, 0.25) is 5.89 Å². The van der Waals surface area contributed by atoms with E-state index < -0.39 is 11.9 Å². The maximum Gasteiger partial charge on any atom is 0.433 e. The molecule has 0 spiro atoms. The summed E-state index contributed by atoms with van der Waals surface area (Å²) in [5.41, 5.74) is -0.966. The molecule has 5 nitrogen and oxygen atoms in total. The number of nitrogens with zero attached hydrogens (tertiary/aromatic N) is 4. The monoisotopic (exact) mass is 304 g/mol. The molecule has 0 fully saturated rings. The van der Waals surface area contributed by atoms with Crippen LogP contribution in [0.3, 0.4) is 0 Å². The fourth-order valence-corrected chi connectivity index (χ4v) is 2.04. The molecule has 0 saturated heterocycles. The predicted molar refractivity (Wildman–Crippen MR) is 64.9 cm³/mol. The van der Waals surface area contributed by atoms with Crippen LogP contribution in [0.15, 0.2) is 21.9 Å². The van der Waals surface area contributed by atoms with E-state index in [0.29, 0.717) is 18.1 Å². The molecule has 0 unspecified atom stereocenters. The van der Waals surface area contributed by atoms with E-state index in [-0.39, 0.29) is 10.9 Å². The van der Waals surface area contributed by atoms with E-state index in [0.717, 1.165) is 30.4 Å². The first-order valence-electron chi connectivity index (χ1n) is 5.83. The van der Waals surface area contributed by atoms with Gasteiger partial charge in [-0.15, -0.1) is 0 Å². The molecule has 2 heterocycles. The first-order chi connectivity index (χ1) is 9.49. The maximum absolute atomic E-state index is 12.5. The number of thioether (sulfide) groups is 1. The minimum Gasteiger partial charge on any atom is -0.338 e. The summed E-state index contributed by atoms with van der Waals surface area (Å²) in [5.74, 6) is 1.17. The van der Waals surface area contributed by atoms with Crippen molar-refractivity contribution in [1.82, 2.24) is 20.1 Å². The van der Waals surface area contributed by atoms with Crippen LogP contribution in [-0.4, -0.2) is 20.1 Å². The molecule has 9 heteroatoms. The van der Waals surface area contributed by atoms with E-state index in [2.05, 4.69) is 20.1 Å². The molecule has 2 aromatic heterocycles. The van der Waals surface area contributed by atoms with Crippen molar-refractivity contribution >= 4 is 11.8 Å². The van der Waals surface area contributed by atoms with Crippen molar-refractivity contribution in [2.45, 2.75) is 36.9 Å². The summed E-state index contributed by atoms with van der Waals surface area (Å²) < 4.78 is 42.4. The minimum atomic E-state index is -4.48. The second-order valence-electron chi connectivity index (χ2n) is 3.87. The van der Waals surface area contributed by atoms with Crippen molar-refractivity contribution < 1.29 is 17.7 Å². The normalized spacial score (nSPS) is 11.8. The zero-order valence-electron chi connectivity index (χ0n) is 10.5. The molecule has 0 aliphatic rings. The zero-order chi connectivity index (χ0) is 14.6. The largest absolute Gasteiger partial charge is 0.433 e. The Morgan fingerprint density at radius 3 is 2.80 bits per heavy atom. The highest BCUT2D eigenvalue weighted by Gasteiger charge is 2.32. The Bertz CT molecular complexity index is 573. The molecule has 20 heavy (non-hydrogen) atoms. The highest BCUT2D eigenvalue weighted by Crippen LogP contribution is 2.28. The van der Waals surface area contributed by atoms with Gasteiger partial charge in [-0.3, -0.25) is 0 Å². The van der Waals surface area contributed by atoms with Crippen LogP contribution >= 0.6 is 11.8 Å². The summed E-state index contributed by atoms with van der Waals surface area (Å²) in [5, 5.41) is 3.78. The van der Waals surface area contributed by atoms with Gasteiger partial charge in [-0.05, 0) is 12.5 Å². The summed E-state index contributed by atoms with van der Waals surface area (Å²) in [6.07, 6.45) is -1.80. The first-order valence-corrected chi connectivity index (χ1v) is 6.82. The van der Waals surface area contributed by atoms with Gasteiger partial charge in [-0.25, -0.2) is 9.97 Å². The van der Waals surface area contributed by atoms with Crippen LogP contribution in [0.5, 0.6) is 0 Å². The molecule has 108 valence electrons. The lowest BCUT2D eigenvalue weighted by molar-refractivity contribution is -0.141. The third kappa shape index (κ3) is 3.92. The summed E-state index contributed by atoms with van der Waals surface area (Å²) in [6.45, 7) is 1.99. The number of halogens is 3. The minimum absolute atomic E-state index is 0.0232. The molecule has 0 saturated carbocycles. The van der Waals surface area contributed by atoms with E-state index in [1.54, 1.807) is 0 Å². The number of alkyl halides is 3. The number of aryl methyl sites for hydroxylation is 1. The third-order valence-electron chi connectivity index (χ3n) is 2.23. The standard InChI is InChI=1S/C11H11F3N4OS/c1-2-3-8-17-9(19-18-8)6-20-10-15-5-4-7(16-10)11(12,13)14/h4-5H,2-3,6H2,1H3. The summed E-state index contributed by atoms with van der Waals surface area (Å²) >= 11 is 1.02. The lowest BCUT2D eigenvalue weighted by Gasteiger charge is -2.05. The van der Waals surface area contributed by atoms with Crippen molar-refractivity contribution in [2.24, 2.45) is 0 Å². The molecule has 0 radical (unpaired) electrons. The summed E-state index contributed by atoms with van der Waals surface area (Å²) in [6, 6.07) is 0.829. The highest BCUT2D eigenvalue weighted by molar-refractivity contribution is 7.98. The number of rotatable bonds is 5. The zero-order valence-corrected chi connectivity index (χ0v) is 11.3. The molecule has 2 rings (SSSR count). The highest BCUT2D eigenvalue weighted by atomic mass is 32.2. The number of hydrogen-bond acceptors (Lipinski definition) is 6. The Morgan fingerprint density at radius 2 is 2.10 bits per heavy atom. The van der Waals surface area contributed by atoms with Crippen LogP contribution in [-0.2, 0) is 18.3 Å². The Balaban J connectivity index is 1.99. The van der Waals surface area contributed by atoms with Crippen LogP contribution < -0.4 is 0 Å². The van der Waals surface area contributed by atoms with Crippen molar-refractivity contribution in [3.63, 3.8) is 0 Å². The predicted octanol–water partition coefficient (Wildman–Crippen LogP) is 3.12. The molecule has 0 aromatic carbocycles. The quantitative estimate of drug-likeness (QED) is 0.624. The SMILES string of the molecule is CCCc1noc(CSc2nccc(C(F)(F)F)n2)n1. The van der Waals surface area contributed by atoms with Crippen molar-refractivity contribution in [3.05, 3.63) is 29.7 Å².